The number of likely N-dealkylation sites (N-methyl/N-ethyl adjacent to an activating group) is 1. The van der Waals surface area contributed by atoms with Gasteiger partial charge in [-0.05, 0) is 31.9 Å². The molecule has 0 radical (unpaired) electrons. The Labute approximate surface area is 127 Å². The van der Waals surface area contributed by atoms with Crippen molar-refractivity contribution in [2.75, 3.05) is 26.7 Å². The second-order valence-electron chi connectivity index (χ2n) is 6.19. The Morgan fingerprint density at radius 3 is 2.62 bits per heavy atom. The first kappa shape index (κ1) is 16.0. The molecule has 21 heavy (non-hydrogen) atoms. The Bertz CT molecular complexity index is 441. The summed E-state index contributed by atoms with van der Waals surface area (Å²) in [4.78, 5) is 13.8. The van der Waals surface area contributed by atoms with Crippen LogP contribution in [0.1, 0.15) is 31.2 Å². The molecule has 1 fully saturated rings. The van der Waals surface area contributed by atoms with Crippen LogP contribution in [0.15, 0.2) is 30.3 Å². The minimum atomic E-state index is -0.584. The van der Waals surface area contributed by atoms with Crippen molar-refractivity contribution in [2.45, 2.75) is 37.7 Å². The van der Waals surface area contributed by atoms with Crippen molar-refractivity contribution in [1.29, 1.82) is 0 Å². The minimum Gasteiger partial charge on any atom is -0.389 e. The van der Waals surface area contributed by atoms with Gasteiger partial charge in [-0.15, -0.1) is 0 Å². The quantitative estimate of drug-likeness (QED) is 0.802. The molecule has 2 N–H and O–H groups in total. The van der Waals surface area contributed by atoms with Crippen LogP contribution in [0, 0.1) is 0 Å². The highest BCUT2D eigenvalue weighted by Gasteiger charge is 2.32. The van der Waals surface area contributed by atoms with Gasteiger partial charge in [-0.2, -0.15) is 0 Å². The van der Waals surface area contributed by atoms with Crippen molar-refractivity contribution in [3.8, 4) is 0 Å². The molecule has 0 spiro atoms. The summed E-state index contributed by atoms with van der Waals surface area (Å²) >= 11 is 0. The van der Waals surface area contributed by atoms with Crippen molar-refractivity contribution < 1.29 is 9.90 Å². The first-order valence-electron chi connectivity index (χ1n) is 7.79. The van der Waals surface area contributed by atoms with E-state index in [1.54, 1.807) is 0 Å². The predicted octanol–water partition coefficient (Wildman–Crippen LogP) is 1.58. The molecule has 1 aromatic rings. The van der Waals surface area contributed by atoms with E-state index < -0.39 is 5.60 Å². The molecular formula is C17H26N2O2. The van der Waals surface area contributed by atoms with Gasteiger partial charge in [0.2, 0.25) is 5.91 Å². The molecule has 0 aliphatic heterocycles. The third kappa shape index (κ3) is 5.48. The second kappa shape index (κ2) is 7.57. The van der Waals surface area contributed by atoms with Crippen molar-refractivity contribution in [3.05, 3.63) is 35.9 Å². The Hall–Kier alpha value is -1.39. The van der Waals surface area contributed by atoms with Gasteiger partial charge in [0, 0.05) is 13.1 Å². The van der Waals surface area contributed by atoms with E-state index in [1.165, 1.54) is 5.56 Å². The lowest BCUT2D eigenvalue weighted by Crippen LogP contribution is -2.43. The molecule has 0 saturated heterocycles. The van der Waals surface area contributed by atoms with Crippen LogP contribution in [0.25, 0.3) is 0 Å². The van der Waals surface area contributed by atoms with Gasteiger partial charge in [0.25, 0.3) is 0 Å². The van der Waals surface area contributed by atoms with E-state index in [1.807, 2.05) is 30.1 Å². The summed E-state index contributed by atoms with van der Waals surface area (Å²) in [5.41, 5.74) is 0.644. The van der Waals surface area contributed by atoms with E-state index >= 15 is 0 Å². The summed E-state index contributed by atoms with van der Waals surface area (Å²) in [7, 11) is 1.90. The second-order valence-corrected chi connectivity index (χ2v) is 6.19. The molecule has 4 heteroatoms. The predicted molar refractivity (Wildman–Crippen MR) is 84.1 cm³/mol. The fraction of sp³-hybridized carbons (Fsp3) is 0.588. The Balaban J connectivity index is 1.64. The molecule has 1 aromatic carbocycles. The zero-order valence-corrected chi connectivity index (χ0v) is 12.8. The van der Waals surface area contributed by atoms with Crippen molar-refractivity contribution in [1.82, 2.24) is 10.2 Å². The standard InChI is InChI=1S/C17H26N2O2/c1-19(14-17(21)10-5-6-11-17)13-16(20)18-12-9-15-7-3-2-4-8-15/h2-4,7-8,21H,5-6,9-14H2,1H3,(H,18,20). The number of carbonyl (C=O) groups is 1. The Morgan fingerprint density at radius 1 is 1.29 bits per heavy atom. The zero-order chi connectivity index (χ0) is 15.1. The monoisotopic (exact) mass is 290 g/mol. The number of hydrogen-bond donors (Lipinski definition) is 2. The van der Waals surface area contributed by atoms with Crippen LogP contribution in [0.2, 0.25) is 0 Å². The maximum Gasteiger partial charge on any atom is 0.234 e. The van der Waals surface area contributed by atoms with Gasteiger partial charge in [-0.1, -0.05) is 43.2 Å². The minimum absolute atomic E-state index is 0.0232. The maximum atomic E-state index is 11.9. The van der Waals surface area contributed by atoms with E-state index in [0.29, 0.717) is 19.6 Å². The fourth-order valence-electron chi connectivity index (χ4n) is 3.04. The molecule has 1 saturated carbocycles. The molecule has 4 nitrogen and oxygen atoms in total. The summed E-state index contributed by atoms with van der Waals surface area (Å²) in [5.74, 6) is 0.0232. The van der Waals surface area contributed by atoms with Gasteiger partial charge in [-0.25, -0.2) is 0 Å². The molecular weight excluding hydrogens is 264 g/mol. The van der Waals surface area contributed by atoms with E-state index in [2.05, 4.69) is 17.4 Å². The Morgan fingerprint density at radius 2 is 1.95 bits per heavy atom. The van der Waals surface area contributed by atoms with Gasteiger partial charge in [0.1, 0.15) is 0 Å². The first-order valence-corrected chi connectivity index (χ1v) is 7.79. The highest BCUT2D eigenvalue weighted by molar-refractivity contribution is 5.77. The topological polar surface area (TPSA) is 52.6 Å². The number of aliphatic hydroxyl groups is 1. The summed E-state index contributed by atoms with van der Waals surface area (Å²) in [6.45, 7) is 1.58. The molecule has 1 aliphatic rings. The van der Waals surface area contributed by atoms with Crippen molar-refractivity contribution in [3.63, 3.8) is 0 Å². The smallest absolute Gasteiger partial charge is 0.234 e. The number of benzene rings is 1. The number of hydrogen-bond acceptors (Lipinski definition) is 3. The third-order valence-electron chi connectivity index (χ3n) is 4.09. The largest absolute Gasteiger partial charge is 0.389 e. The number of nitrogens with zero attached hydrogens (tertiary/aromatic N) is 1. The summed E-state index contributed by atoms with van der Waals surface area (Å²) in [6, 6.07) is 10.1. The molecule has 0 bridgehead atoms. The highest BCUT2D eigenvalue weighted by atomic mass is 16.3. The van der Waals surface area contributed by atoms with Gasteiger partial charge in [-0.3, -0.25) is 9.69 Å². The van der Waals surface area contributed by atoms with Crippen LogP contribution in [-0.2, 0) is 11.2 Å². The first-order chi connectivity index (χ1) is 10.1. The number of carbonyl (C=O) groups excluding carboxylic acids is 1. The molecule has 0 aromatic heterocycles. The van der Waals surface area contributed by atoms with E-state index in [9.17, 15) is 9.90 Å². The summed E-state index contributed by atoms with van der Waals surface area (Å²) in [5, 5.41) is 13.3. The van der Waals surface area contributed by atoms with E-state index in [4.69, 9.17) is 0 Å². The van der Waals surface area contributed by atoms with Crippen LogP contribution in [0.5, 0.6) is 0 Å². The van der Waals surface area contributed by atoms with Gasteiger partial charge < -0.3 is 10.4 Å². The molecule has 1 aliphatic carbocycles. The van der Waals surface area contributed by atoms with Crippen molar-refractivity contribution >= 4 is 5.91 Å². The molecule has 0 unspecified atom stereocenters. The molecule has 116 valence electrons. The van der Waals surface area contributed by atoms with Crippen LogP contribution in [-0.4, -0.2) is 48.2 Å². The number of rotatable bonds is 7. The van der Waals surface area contributed by atoms with Crippen LogP contribution in [0.4, 0.5) is 0 Å². The third-order valence-corrected chi connectivity index (χ3v) is 4.09. The average Bonchev–Trinajstić information content (AvgIpc) is 2.86. The fourth-order valence-corrected chi connectivity index (χ4v) is 3.04. The lowest BCUT2D eigenvalue weighted by Gasteiger charge is -2.28. The average molecular weight is 290 g/mol. The molecule has 0 heterocycles. The normalized spacial score (nSPS) is 17.1. The summed E-state index contributed by atoms with van der Waals surface area (Å²) in [6.07, 6.45) is 4.74. The SMILES string of the molecule is CN(CC(=O)NCCc1ccccc1)CC1(O)CCCC1. The lowest BCUT2D eigenvalue weighted by atomic mass is 10.0. The van der Waals surface area contributed by atoms with Crippen LogP contribution in [0.3, 0.4) is 0 Å². The van der Waals surface area contributed by atoms with Gasteiger partial charge in [0.05, 0.1) is 12.1 Å². The molecule has 1 amide bonds. The molecule has 0 atom stereocenters. The maximum absolute atomic E-state index is 11.9. The van der Waals surface area contributed by atoms with Crippen LogP contribution < -0.4 is 5.32 Å². The van der Waals surface area contributed by atoms with E-state index in [-0.39, 0.29) is 5.91 Å². The van der Waals surface area contributed by atoms with Gasteiger partial charge in [0.15, 0.2) is 0 Å². The zero-order valence-electron chi connectivity index (χ0n) is 12.8. The summed E-state index contributed by atoms with van der Waals surface area (Å²) < 4.78 is 0. The van der Waals surface area contributed by atoms with Crippen LogP contribution >= 0.6 is 0 Å². The highest BCUT2D eigenvalue weighted by Crippen LogP contribution is 2.29. The number of nitrogens with one attached hydrogen (secondary N) is 1. The van der Waals surface area contributed by atoms with Crippen molar-refractivity contribution in [2.24, 2.45) is 0 Å². The van der Waals surface area contributed by atoms with Gasteiger partial charge >= 0.3 is 0 Å². The Kier molecular flexibility index (Phi) is 5.76. The van der Waals surface area contributed by atoms with E-state index in [0.717, 1.165) is 32.1 Å². The lowest BCUT2D eigenvalue weighted by molar-refractivity contribution is -0.122. The number of amides is 1. The molecule has 2 rings (SSSR count).